The highest BCUT2D eigenvalue weighted by Gasteiger charge is 1.99. The van der Waals surface area contributed by atoms with Crippen LogP contribution in [0, 0.1) is 0 Å². The van der Waals surface area contributed by atoms with Gasteiger partial charge in [-0.1, -0.05) is 0 Å². The van der Waals surface area contributed by atoms with Gasteiger partial charge < -0.3 is 25.1 Å². The van der Waals surface area contributed by atoms with Gasteiger partial charge in [0.05, 0.1) is 39.1 Å². The molecule has 13 heavy (non-hydrogen) atoms. The van der Waals surface area contributed by atoms with E-state index < -0.39 is 6.10 Å². The molecule has 0 saturated heterocycles. The Kier molecular flexibility index (Phi) is 9.73. The molecule has 3 N–H and O–H groups in total. The summed E-state index contributed by atoms with van der Waals surface area (Å²) in [6, 6.07) is 0. The number of nitrogens with two attached hydrogens (primary N) is 1. The minimum atomic E-state index is -0.570. The van der Waals surface area contributed by atoms with E-state index in [2.05, 4.69) is 0 Å². The summed E-state index contributed by atoms with van der Waals surface area (Å²) in [6.45, 7) is 2.64. The molecule has 0 rings (SSSR count). The molecule has 5 nitrogen and oxygen atoms in total. The summed E-state index contributed by atoms with van der Waals surface area (Å²) in [5, 5.41) is 8.99. The Bertz CT molecular complexity index is 102. The first-order valence-electron chi connectivity index (χ1n) is 4.33. The van der Waals surface area contributed by atoms with Crippen LogP contribution in [-0.2, 0) is 14.2 Å². The van der Waals surface area contributed by atoms with Crippen LogP contribution in [0.3, 0.4) is 0 Å². The van der Waals surface area contributed by atoms with E-state index in [0.717, 1.165) is 0 Å². The van der Waals surface area contributed by atoms with Crippen LogP contribution in [0.15, 0.2) is 0 Å². The van der Waals surface area contributed by atoms with Crippen LogP contribution in [0.5, 0.6) is 0 Å². The standard InChI is InChI=1S/C8H19NO4/c1-11-2-3-12-4-5-13-7-8(10)6-9/h8,10H,2-7,9H2,1H3. The lowest BCUT2D eigenvalue weighted by Crippen LogP contribution is -2.26. The summed E-state index contributed by atoms with van der Waals surface area (Å²) >= 11 is 0. The summed E-state index contributed by atoms with van der Waals surface area (Å²) in [7, 11) is 1.62. The fourth-order valence-corrected chi connectivity index (χ4v) is 0.650. The first kappa shape index (κ1) is 12.8. The highest BCUT2D eigenvalue weighted by molar-refractivity contribution is 4.51. The molecule has 0 aliphatic carbocycles. The van der Waals surface area contributed by atoms with Crippen molar-refractivity contribution in [2.45, 2.75) is 6.10 Å². The highest BCUT2D eigenvalue weighted by Crippen LogP contribution is 1.83. The molecule has 0 heterocycles. The van der Waals surface area contributed by atoms with Gasteiger partial charge in [-0.2, -0.15) is 0 Å². The minimum absolute atomic E-state index is 0.227. The number of hydrogen-bond acceptors (Lipinski definition) is 5. The smallest absolute Gasteiger partial charge is 0.0895 e. The number of methoxy groups -OCH3 is 1. The van der Waals surface area contributed by atoms with Gasteiger partial charge in [0.15, 0.2) is 0 Å². The molecule has 0 aliphatic rings. The van der Waals surface area contributed by atoms with Crippen LogP contribution in [0.1, 0.15) is 0 Å². The summed E-state index contributed by atoms with van der Waals surface area (Å²) in [4.78, 5) is 0. The lowest BCUT2D eigenvalue weighted by atomic mass is 10.4. The fraction of sp³-hybridized carbons (Fsp3) is 1.00. The largest absolute Gasteiger partial charge is 0.389 e. The Morgan fingerprint density at radius 2 is 1.77 bits per heavy atom. The lowest BCUT2D eigenvalue weighted by molar-refractivity contribution is -0.00299. The second-order valence-electron chi connectivity index (χ2n) is 2.57. The van der Waals surface area contributed by atoms with E-state index in [4.69, 9.17) is 25.1 Å². The van der Waals surface area contributed by atoms with Crippen molar-refractivity contribution in [2.24, 2.45) is 5.73 Å². The summed E-state index contributed by atoms with van der Waals surface area (Å²) < 4.78 is 15.0. The van der Waals surface area contributed by atoms with Crippen molar-refractivity contribution in [3.63, 3.8) is 0 Å². The molecule has 5 heteroatoms. The van der Waals surface area contributed by atoms with E-state index in [1.165, 1.54) is 0 Å². The molecule has 0 bridgehead atoms. The number of rotatable bonds is 9. The zero-order chi connectivity index (χ0) is 9.94. The molecule has 0 fully saturated rings. The SMILES string of the molecule is COCCOCCOCC(O)CN. The molecule has 0 aliphatic heterocycles. The molecule has 0 aromatic rings. The molecule has 0 saturated carbocycles. The van der Waals surface area contributed by atoms with Crippen molar-refractivity contribution >= 4 is 0 Å². The van der Waals surface area contributed by atoms with E-state index in [1.807, 2.05) is 0 Å². The van der Waals surface area contributed by atoms with Crippen LogP contribution in [-0.4, -0.2) is 57.9 Å². The van der Waals surface area contributed by atoms with E-state index in [9.17, 15) is 0 Å². The van der Waals surface area contributed by atoms with Gasteiger partial charge in [0.25, 0.3) is 0 Å². The van der Waals surface area contributed by atoms with Crippen LogP contribution in [0.4, 0.5) is 0 Å². The summed E-state index contributed by atoms with van der Waals surface area (Å²) in [6.07, 6.45) is -0.570. The van der Waals surface area contributed by atoms with Crippen molar-refractivity contribution in [3.05, 3.63) is 0 Å². The Labute approximate surface area is 78.8 Å². The topological polar surface area (TPSA) is 73.9 Å². The molecular weight excluding hydrogens is 174 g/mol. The molecule has 0 aromatic heterocycles. The van der Waals surface area contributed by atoms with Crippen molar-refractivity contribution < 1.29 is 19.3 Å². The Hall–Kier alpha value is -0.200. The number of ether oxygens (including phenoxy) is 3. The monoisotopic (exact) mass is 193 g/mol. The average molecular weight is 193 g/mol. The first-order valence-corrected chi connectivity index (χ1v) is 4.33. The third-order valence-corrected chi connectivity index (χ3v) is 1.39. The molecule has 80 valence electrons. The minimum Gasteiger partial charge on any atom is -0.389 e. The second-order valence-corrected chi connectivity index (χ2v) is 2.57. The maximum absolute atomic E-state index is 8.99. The molecule has 0 amide bonds. The molecule has 0 aromatic carbocycles. The van der Waals surface area contributed by atoms with Gasteiger partial charge in [-0.25, -0.2) is 0 Å². The number of aliphatic hydroxyl groups is 1. The van der Waals surface area contributed by atoms with Crippen LogP contribution < -0.4 is 5.73 Å². The first-order chi connectivity index (χ1) is 6.31. The third-order valence-electron chi connectivity index (χ3n) is 1.39. The van der Waals surface area contributed by atoms with Gasteiger partial charge in [0.2, 0.25) is 0 Å². The van der Waals surface area contributed by atoms with Gasteiger partial charge >= 0.3 is 0 Å². The quantitative estimate of drug-likeness (QED) is 0.459. The van der Waals surface area contributed by atoms with E-state index in [1.54, 1.807) is 7.11 Å². The van der Waals surface area contributed by atoms with Crippen molar-refractivity contribution in [2.75, 3.05) is 46.7 Å². The lowest BCUT2D eigenvalue weighted by Gasteiger charge is -2.08. The van der Waals surface area contributed by atoms with E-state index >= 15 is 0 Å². The zero-order valence-electron chi connectivity index (χ0n) is 8.07. The van der Waals surface area contributed by atoms with Crippen LogP contribution in [0.25, 0.3) is 0 Å². The summed E-state index contributed by atoms with van der Waals surface area (Å²) in [5.74, 6) is 0. The highest BCUT2D eigenvalue weighted by atomic mass is 16.5. The van der Waals surface area contributed by atoms with Crippen molar-refractivity contribution in [1.82, 2.24) is 0 Å². The van der Waals surface area contributed by atoms with Crippen molar-refractivity contribution in [3.8, 4) is 0 Å². The maximum Gasteiger partial charge on any atom is 0.0895 e. The van der Waals surface area contributed by atoms with E-state index in [-0.39, 0.29) is 13.2 Å². The van der Waals surface area contributed by atoms with Crippen LogP contribution in [0.2, 0.25) is 0 Å². The van der Waals surface area contributed by atoms with Gasteiger partial charge in [-0.3, -0.25) is 0 Å². The molecule has 1 unspecified atom stereocenters. The van der Waals surface area contributed by atoms with Crippen molar-refractivity contribution in [1.29, 1.82) is 0 Å². The normalized spacial score (nSPS) is 13.2. The van der Waals surface area contributed by atoms with Gasteiger partial charge in [-0.05, 0) is 0 Å². The molecule has 0 spiro atoms. The maximum atomic E-state index is 8.99. The number of aliphatic hydroxyl groups excluding tert-OH is 1. The molecular formula is C8H19NO4. The second kappa shape index (κ2) is 9.88. The molecule has 1 atom stereocenters. The van der Waals surface area contributed by atoms with E-state index in [0.29, 0.717) is 26.4 Å². The Morgan fingerprint density at radius 3 is 2.38 bits per heavy atom. The van der Waals surface area contributed by atoms with Gasteiger partial charge in [0, 0.05) is 13.7 Å². The Morgan fingerprint density at radius 1 is 1.15 bits per heavy atom. The summed E-state index contributed by atoms with van der Waals surface area (Å²) in [5.41, 5.74) is 5.17. The Balaban J connectivity index is 2.91. The average Bonchev–Trinajstić information content (AvgIpc) is 2.16. The predicted molar refractivity (Wildman–Crippen MR) is 48.6 cm³/mol. The fourth-order valence-electron chi connectivity index (χ4n) is 0.650. The van der Waals surface area contributed by atoms with Gasteiger partial charge in [-0.15, -0.1) is 0 Å². The van der Waals surface area contributed by atoms with Gasteiger partial charge in [0.1, 0.15) is 0 Å². The zero-order valence-corrected chi connectivity index (χ0v) is 8.07. The van der Waals surface area contributed by atoms with Crippen LogP contribution >= 0.6 is 0 Å². The predicted octanol–water partition coefficient (Wildman–Crippen LogP) is -1.01. The number of hydrogen-bond donors (Lipinski definition) is 2. The molecule has 0 radical (unpaired) electrons. The third kappa shape index (κ3) is 9.72.